The minimum atomic E-state index is -0.364. The highest BCUT2D eigenvalue weighted by atomic mass is 16.5. The van der Waals surface area contributed by atoms with Crippen LogP contribution in [0.3, 0.4) is 0 Å². The van der Waals surface area contributed by atoms with Crippen LogP contribution in [0.5, 0.6) is 5.75 Å². The van der Waals surface area contributed by atoms with Crippen molar-refractivity contribution < 1.29 is 4.74 Å². The van der Waals surface area contributed by atoms with Crippen molar-refractivity contribution in [2.45, 2.75) is 37.5 Å². The molecule has 4 heterocycles. The van der Waals surface area contributed by atoms with Gasteiger partial charge in [0.05, 0.1) is 11.8 Å². The van der Waals surface area contributed by atoms with Crippen molar-refractivity contribution >= 4 is 5.71 Å². The highest BCUT2D eigenvalue weighted by molar-refractivity contribution is 6.01. The van der Waals surface area contributed by atoms with Crippen molar-refractivity contribution in [2.24, 2.45) is 5.10 Å². The first-order valence-corrected chi connectivity index (χ1v) is 11.6. The summed E-state index contributed by atoms with van der Waals surface area (Å²) in [5, 5.41) is 7.44. The Balaban J connectivity index is 1.24. The van der Waals surface area contributed by atoms with E-state index >= 15 is 0 Å². The predicted molar refractivity (Wildman–Crippen MR) is 126 cm³/mol. The van der Waals surface area contributed by atoms with Crippen molar-refractivity contribution in [1.82, 2.24) is 14.9 Å². The quantitative estimate of drug-likeness (QED) is 0.611. The SMILES string of the molecule is c1ccc(CCN2CCC3(CC2)Oc2ccccc2C2CC(c4ccncc4)=NN23)cc1. The van der Waals surface area contributed by atoms with E-state index in [4.69, 9.17) is 9.84 Å². The lowest BCUT2D eigenvalue weighted by atomic mass is 9.90. The van der Waals surface area contributed by atoms with Gasteiger partial charge in [-0.25, -0.2) is 5.01 Å². The molecule has 1 fully saturated rings. The molecule has 3 aromatic rings. The Bertz CT molecular complexity index is 1110. The molecule has 3 aliphatic heterocycles. The summed E-state index contributed by atoms with van der Waals surface area (Å²) in [5.74, 6) is 1.03. The van der Waals surface area contributed by atoms with E-state index in [0.717, 1.165) is 62.3 Å². The van der Waals surface area contributed by atoms with Gasteiger partial charge in [0.1, 0.15) is 5.75 Å². The second-order valence-corrected chi connectivity index (χ2v) is 9.01. The van der Waals surface area contributed by atoms with Gasteiger partial charge in [-0.3, -0.25) is 4.98 Å². The van der Waals surface area contributed by atoms with Crippen molar-refractivity contribution in [2.75, 3.05) is 19.6 Å². The van der Waals surface area contributed by atoms with Crippen molar-refractivity contribution in [3.8, 4) is 5.75 Å². The summed E-state index contributed by atoms with van der Waals surface area (Å²) < 4.78 is 6.75. The molecule has 0 bridgehead atoms. The lowest BCUT2D eigenvalue weighted by Crippen LogP contribution is -2.59. The molecule has 32 heavy (non-hydrogen) atoms. The second kappa shape index (κ2) is 8.06. The van der Waals surface area contributed by atoms with E-state index in [2.05, 4.69) is 81.6 Å². The van der Waals surface area contributed by atoms with Crippen molar-refractivity contribution in [3.63, 3.8) is 0 Å². The van der Waals surface area contributed by atoms with Gasteiger partial charge in [-0.05, 0) is 30.2 Å². The average molecular weight is 425 g/mol. The predicted octanol–water partition coefficient (Wildman–Crippen LogP) is 4.66. The minimum Gasteiger partial charge on any atom is -0.466 e. The monoisotopic (exact) mass is 424 g/mol. The number of nitrogens with zero attached hydrogens (tertiary/aromatic N) is 4. The molecule has 0 saturated carbocycles. The zero-order valence-electron chi connectivity index (χ0n) is 18.2. The molecule has 5 heteroatoms. The van der Waals surface area contributed by atoms with Crippen LogP contribution in [0, 0.1) is 0 Å². The smallest absolute Gasteiger partial charge is 0.200 e. The Morgan fingerprint density at radius 1 is 0.906 bits per heavy atom. The lowest BCUT2D eigenvalue weighted by Gasteiger charge is -2.51. The van der Waals surface area contributed by atoms with Crippen molar-refractivity contribution in [1.29, 1.82) is 0 Å². The van der Waals surface area contributed by atoms with E-state index < -0.39 is 0 Å². The van der Waals surface area contributed by atoms with E-state index in [-0.39, 0.29) is 11.8 Å². The van der Waals surface area contributed by atoms with Gasteiger partial charge < -0.3 is 9.64 Å². The molecule has 1 unspecified atom stereocenters. The number of aromatic nitrogens is 1. The van der Waals surface area contributed by atoms with Gasteiger partial charge in [0.25, 0.3) is 0 Å². The third-order valence-corrected chi connectivity index (χ3v) is 7.12. The van der Waals surface area contributed by atoms with E-state index in [9.17, 15) is 0 Å². The topological polar surface area (TPSA) is 41.0 Å². The molecule has 2 aromatic carbocycles. The molecule has 0 aliphatic carbocycles. The van der Waals surface area contributed by atoms with Crippen LogP contribution in [-0.2, 0) is 6.42 Å². The molecule has 1 spiro atoms. The van der Waals surface area contributed by atoms with Gasteiger partial charge >= 0.3 is 0 Å². The Morgan fingerprint density at radius 3 is 2.47 bits per heavy atom. The number of likely N-dealkylation sites (tertiary alicyclic amines) is 1. The maximum absolute atomic E-state index is 6.75. The first-order chi connectivity index (χ1) is 15.8. The largest absolute Gasteiger partial charge is 0.466 e. The number of rotatable bonds is 4. The average Bonchev–Trinajstić information content (AvgIpc) is 3.32. The molecule has 162 valence electrons. The lowest BCUT2D eigenvalue weighted by molar-refractivity contribution is -0.149. The van der Waals surface area contributed by atoms with Crippen LogP contribution in [0.15, 0.2) is 84.2 Å². The molecule has 1 atom stereocenters. The Hall–Kier alpha value is -3.18. The normalized spacial score (nSPS) is 21.6. The fourth-order valence-electron chi connectivity index (χ4n) is 5.34. The molecule has 3 aliphatic rings. The molecule has 6 rings (SSSR count). The van der Waals surface area contributed by atoms with Crippen LogP contribution in [0.4, 0.5) is 0 Å². The summed E-state index contributed by atoms with van der Waals surface area (Å²) in [6.07, 6.45) is 7.61. The molecule has 5 nitrogen and oxygen atoms in total. The van der Waals surface area contributed by atoms with Gasteiger partial charge in [0.15, 0.2) is 0 Å². The molecule has 0 N–H and O–H groups in total. The fraction of sp³-hybridized carbons (Fsp3) is 0.333. The number of pyridine rings is 1. The molecule has 0 radical (unpaired) electrons. The summed E-state index contributed by atoms with van der Waals surface area (Å²) in [4.78, 5) is 6.75. The van der Waals surface area contributed by atoms with Gasteiger partial charge in [-0.15, -0.1) is 0 Å². The summed E-state index contributed by atoms with van der Waals surface area (Å²) in [5.41, 5.74) is 4.57. The minimum absolute atomic E-state index is 0.235. The number of fused-ring (bicyclic) bond motifs is 4. The van der Waals surface area contributed by atoms with Gasteiger partial charge in [0.2, 0.25) is 5.72 Å². The van der Waals surface area contributed by atoms with Crippen LogP contribution >= 0.6 is 0 Å². The van der Waals surface area contributed by atoms with Crippen LogP contribution < -0.4 is 4.74 Å². The Morgan fingerprint density at radius 2 is 1.66 bits per heavy atom. The third-order valence-electron chi connectivity index (χ3n) is 7.12. The standard InChI is InChI=1S/C27H28N4O/c1-2-6-21(7-3-1)12-17-30-18-13-27(14-19-30)31-25(23-8-4-5-9-26(23)32-27)20-24(29-31)22-10-15-28-16-11-22/h1-11,15-16,25H,12-14,17-20H2. The number of benzene rings is 2. The van der Waals surface area contributed by atoms with Crippen LogP contribution in [0.1, 0.15) is 42.0 Å². The zero-order valence-corrected chi connectivity index (χ0v) is 18.2. The van der Waals surface area contributed by atoms with Gasteiger partial charge in [-0.2, -0.15) is 5.10 Å². The summed E-state index contributed by atoms with van der Waals surface area (Å²) in [6, 6.07) is 23.6. The maximum Gasteiger partial charge on any atom is 0.200 e. The number of ether oxygens (including phenoxy) is 1. The van der Waals surface area contributed by atoms with Gasteiger partial charge in [0, 0.05) is 62.4 Å². The van der Waals surface area contributed by atoms with E-state index in [0.29, 0.717) is 0 Å². The first kappa shape index (κ1) is 19.5. The number of hydrogen-bond acceptors (Lipinski definition) is 5. The number of para-hydroxylation sites is 1. The van der Waals surface area contributed by atoms with Crippen LogP contribution in [0.25, 0.3) is 0 Å². The van der Waals surface area contributed by atoms with E-state index in [1.54, 1.807) is 0 Å². The fourth-order valence-corrected chi connectivity index (χ4v) is 5.34. The molecule has 1 saturated heterocycles. The Kier molecular flexibility index (Phi) is 4.91. The third kappa shape index (κ3) is 3.47. The highest BCUT2D eigenvalue weighted by Gasteiger charge is 2.51. The van der Waals surface area contributed by atoms with Gasteiger partial charge in [-0.1, -0.05) is 48.5 Å². The Labute approximate surface area is 189 Å². The zero-order chi connectivity index (χ0) is 21.4. The number of hydrogen-bond donors (Lipinski definition) is 0. The highest BCUT2D eigenvalue weighted by Crippen LogP contribution is 2.49. The maximum atomic E-state index is 6.75. The van der Waals surface area contributed by atoms with Crippen LogP contribution in [-0.4, -0.2) is 46.0 Å². The molecule has 1 aromatic heterocycles. The second-order valence-electron chi connectivity index (χ2n) is 9.01. The van der Waals surface area contributed by atoms with Crippen LogP contribution in [0.2, 0.25) is 0 Å². The van der Waals surface area contributed by atoms with E-state index in [1.165, 1.54) is 11.1 Å². The molecular formula is C27H28N4O. The molecular weight excluding hydrogens is 396 g/mol. The summed E-state index contributed by atoms with van der Waals surface area (Å²) in [7, 11) is 0. The van der Waals surface area contributed by atoms with Crippen molar-refractivity contribution in [3.05, 3.63) is 95.8 Å². The number of hydrazone groups is 1. The number of piperidine rings is 1. The first-order valence-electron chi connectivity index (χ1n) is 11.6. The summed E-state index contributed by atoms with van der Waals surface area (Å²) in [6.45, 7) is 3.14. The molecule has 0 amide bonds. The summed E-state index contributed by atoms with van der Waals surface area (Å²) >= 11 is 0. The van der Waals surface area contributed by atoms with E-state index in [1.807, 2.05) is 12.4 Å².